The van der Waals surface area contributed by atoms with Crippen LogP contribution >= 0.6 is 7.71 Å². The Bertz CT molecular complexity index is 416. The molecule has 114 valence electrons. The summed E-state index contributed by atoms with van der Waals surface area (Å²) < 4.78 is 11.7. The van der Waals surface area contributed by atoms with Crippen LogP contribution in [-0.4, -0.2) is 68.5 Å². The Labute approximate surface area is 123 Å². The van der Waals surface area contributed by atoms with Crippen molar-refractivity contribution in [2.45, 2.75) is 5.85 Å². The van der Waals surface area contributed by atoms with Gasteiger partial charge in [-0.3, -0.25) is 0 Å². The molecule has 1 atom stereocenters. The summed E-state index contributed by atoms with van der Waals surface area (Å²) in [5.74, 6) is 0.0774. The molecule has 0 aliphatic heterocycles. The molecule has 0 spiro atoms. The molecule has 0 heterocycles. The molecule has 1 N–H and O–H groups in total. The van der Waals surface area contributed by atoms with Crippen molar-refractivity contribution in [3.63, 3.8) is 0 Å². The molecular weight excluding hydrogens is 273 g/mol. The first-order chi connectivity index (χ1) is 9.29. The SMILES string of the molecule is COc1ccccc1C(O)[P+](N(C)C)(N(C)C)N(C)C. The molecule has 1 rings (SSSR count). The van der Waals surface area contributed by atoms with Crippen LogP contribution in [0, 0.1) is 0 Å². The third-order valence-corrected chi connectivity index (χ3v) is 7.98. The van der Waals surface area contributed by atoms with Crippen LogP contribution in [0.2, 0.25) is 0 Å². The largest absolute Gasteiger partial charge is 0.496 e. The number of ether oxygens (including phenoxy) is 1. The van der Waals surface area contributed by atoms with Crippen molar-refractivity contribution in [3.05, 3.63) is 29.8 Å². The molecule has 20 heavy (non-hydrogen) atoms. The standard InChI is InChI=1S/C14H27N3O2P/c1-15(2)20(16(3)4,17(5)6)14(18)12-10-8-9-11-13(12)19-7/h8-11,14,18H,1-7H3/q+1. The third-order valence-electron chi connectivity index (χ3n) is 3.51. The second kappa shape index (κ2) is 6.83. The number of hydrogen-bond donors (Lipinski definition) is 1. The van der Waals surface area contributed by atoms with Gasteiger partial charge in [-0.05, 0) is 12.1 Å². The van der Waals surface area contributed by atoms with Crippen molar-refractivity contribution in [3.8, 4) is 5.75 Å². The molecular formula is C14H27N3O2P+. The molecule has 1 aromatic carbocycles. The fourth-order valence-electron chi connectivity index (χ4n) is 2.80. The number of rotatable bonds is 6. The highest BCUT2D eigenvalue weighted by Crippen LogP contribution is 2.72. The highest BCUT2D eigenvalue weighted by atomic mass is 31.2. The van der Waals surface area contributed by atoms with E-state index >= 15 is 0 Å². The summed E-state index contributed by atoms with van der Waals surface area (Å²) in [6.07, 6.45) is 0. The van der Waals surface area contributed by atoms with Gasteiger partial charge in [0, 0.05) is 42.3 Å². The smallest absolute Gasteiger partial charge is 0.261 e. The van der Waals surface area contributed by atoms with E-state index in [-0.39, 0.29) is 0 Å². The fraction of sp³-hybridized carbons (Fsp3) is 0.571. The highest BCUT2D eigenvalue weighted by Gasteiger charge is 2.56. The monoisotopic (exact) mass is 300 g/mol. The second-order valence-corrected chi connectivity index (χ2v) is 9.39. The molecule has 0 amide bonds. The number of nitrogens with zero attached hydrogens (tertiary/aromatic N) is 3. The maximum atomic E-state index is 11.1. The van der Waals surface area contributed by atoms with E-state index in [2.05, 4.69) is 14.0 Å². The second-order valence-electron chi connectivity index (χ2n) is 5.27. The van der Waals surface area contributed by atoms with Crippen molar-refractivity contribution in [1.29, 1.82) is 0 Å². The van der Waals surface area contributed by atoms with E-state index in [0.29, 0.717) is 0 Å². The summed E-state index contributed by atoms with van der Waals surface area (Å²) >= 11 is 0. The minimum atomic E-state index is -2.09. The molecule has 6 heteroatoms. The maximum absolute atomic E-state index is 11.1. The Balaban J connectivity index is 3.41. The number of hydrogen-bond acceptors (Lipinski definition) is 5. The first kappa shape index (κ1) is 17.3. The molecule has 0 aliphatic rings. The Morgan fingerprint density at radius 1 is 0.950 bits per heavy atom. The quantitative estimate of drug-likeness (QED) is 0.815. The minimum Gasteiger partial charge on any atom is -0.496 e. The van der Waals surface area contributed by atoms with Gasteiger partial charge in [0.25, 0.3) is 7.71 Å². The van der Waals surface area contributed by atoms with Crippen LogP contribution in [0.25, 0.3) is 0 Å². The van der Waals surface area contributed by atoms with Gasteiger partial charge >= 0.3 is 0 Å². The highest BCUT2D eigenvalue weighted by molar-refractivity contribution is 7.69. The van der Waals surface area contributed by atoms with Crippen LogP contribution in [0.5, 0.6) is 5.75 Å². The normalized spacial score (nSPS) is 14.2. The lowest BCUT2D eigenvalue weighted by Crippen LogP contribution is -2.39. The zero-order chi connectivity index (χ0) is 15.5. The Kier molecular flexibility index (Phi) is 5.92. The van der Waals surface area contributed by atoms with Gasteiger partial charge in [-0.25, -0.2) is 0 Å². The van der Waals surface area contributed by atoms with E-state index in [1.54, 1.807) is 7.11 Å². The van der Waals surface area contributed by atoms with Gasteiger partial charge in [0.2, 0.25) is 5.85 Å². The van der Waals surface area contributed by atoms with E-state index in [4.69, 9.17) is 4.74 Å². The van der Waals surface area contributed by atoms with Crippen LogP contribution in [-0.2, 0) is 0 Å². The first-order valence-electron chi connectivity index (χ1n) is 6.53. The fourth-order valence-corrected chi connectivity index (χ4v) is 6.84. The van der Waals surface area contributed by atoms with Crippen LogP contribution in [0.1, 0.15) is 11.4 Å². The lowest BCUT2D eigenvalue weighted by atomic mass is 10.2. The lowest BCUT2D eigenvalue weighted by molar-refractivity contribution is 0.221. The third kappa shape index (κ3) is 2.83. The van der Waals surface area contributed by atoms with E-state index in [0.717, 1.165) is 11.3 Å². The molecule has 0 radical (unpaired) electrons. The van der Waals surface area contributed by atoms with Gasteiger partial charge in [0.05, 0.1) is 12.7 Å². The summed E-state index contributed by atoms with van der Waals surface area (Å²) in [7, 11) is 11.6. The average molecular weight is 300 g/mol. The first-order valence-corrected chi connectivity index (χ1v) is 8.24. The van der Waals surface area contributed by atoms with Gasteiger partial charge in [-0.1, -0.05) is 12.1 Å². The maximum Gasteiger partial charge on any atom is 0.261 e. The predicted molar refractivity (Wildman–Crippen MR) is 85.9 cm³/mol. The van der Waals surface area contributed by atoms with E-state index in [9.17, 15) is 5.11 Å². The number of para-hydroxylation sites is 1. The number of methoxy groups -OCH3 is 1. The van der Waals surface area contributed by atoms with Crippen molar-refractivity contribution in [2.75, 3.05) is 49.4 Å². The van der Waals surface area contributed by atoms with E-state index < -0.39 is 13.6 Å². The Hall–Kier alpha value is -0.710. The molecule has 0 saturated heterocycles. The zero-order valence-corrected chi connectivity index (χ0v) is 14.4. The Morgan fingerprint density at radius 2 is 1.40 bits per heavy atom. The molecule has 1 aromatic rings. The average Bonchev–Trinajstić information content (AvgIpc) is 2.37. The predicted octanol–water partition coefficient (Wildman–Crippen LogP) is 2.13. The van der Waals surface area contributed by atoms with Crippen LogP contribution in [0.15, 0.2) is 24.3 Å². The van der Waals surface area contributed by atoms with Gasteiger partial charge in [0.15, 0.2) is 0 Å². The molecule has 5 nitrogen and oxygen atoms in total. The van der Waals surface area contributed by atoms with Gasteiger partial charge in [0.1, 0.15) is 5.75 Å². The number of benzene rings is 1. The van der Waals surface area contributed by atoms with Crippen LogP contribution < -0.4 is 4.74 Å². The van der Waals surface area contributed by atoms with E-state index in [1.165, 1.54) is 0 Å². The van der Waals surface area contributed by atoms with Crippen molar-refractivity contribution >= 4 is 7.71 Å². The summed E-state index contributed by atoms with van der Waals surface area (Å²) in [5.41, 5.74) is 0.819. The topological polar surface area (TPSA) is 39.2 Å². The van der Waals surface area contributed by atoms with Crippen molar-refractivity contribution < 1.29 is 9.84 Å². The summed E-state index contributed by atoms with van der Waals surface area (Å²) in [5, 5.41) is 11.1. The molecule has 0 fully saturated rings. The molecule has 1 unspecified atom stereocenters. The van der Waals surface area contributed by atoms with Crippen molar-refractivity contribution in [1.82, 2.24) is 14.0 Å². The van der Waals surface area contributed by atoms with Gasteiger partial charge in [-0.15, -0.1) is 0 Å². The van der Waals surface area contributed by atoms with E-state index in [1.807, 2.05) is 66.6 Å². The number of aliphatic hydroxyl groups is 1. The summed E-state index contributed by atoms with van der Waals surface area (Å²) in [4.78, 5) is 0. The molecule has 0 aromatic heterocycles. The number of aliphatic hydroxyl groups excluding tert-OH is 1. The molecule has 0 bridgehead atoms. The van der Waals surface area contributed by atoms with Crippen molar-refractivity contribution in [2.24, 2.45) is 0 Å². The zero-order valence-electron chi connectivity index (χ0n) is 13.5. The van der Waals surface area contributed by atoms with Crippen LogP contribution in [0.3, 0.4) is 0 Å². The van der Waals surface area contributed by atoms with Crippen LogP contribution in [0.4, 0.5) is 0 Å². The molecule has 0 saturated carbocycles. The van der Waals surface area contributed by atoms with Gasteiger partial charge < -0.3 is 9.84 Å². The van der Waals surface area contributed by atoms with Gasteiger partial charge in [-0.2, -0.15) is 14.0 Å². The summed E-state index contributed by atoms with van der Waals surface area (Å²) in [6, 6.07) is 7.65. The molecule has 0 aliphatic carbocycles. The summed E-state index contributed by atoms with van der Waals surface area (Å²) in [6.45, 7) is 0. The minimum absolute atomic E-state index is 0.640. The Morgan fingerprint density at radius 3 is 1.80 bits per heavy atom. The lowest BCUT2D eigenvalue weighted by Gasteiger charge is -2.42.